The number of hydrogen-bond donors (Lipinski definition) is 1. The first-order chi connectivity index (χ1) is 10.8. The SMILES string of the molecule is CCN(CC)CCNc1ccccc1OCc1ccccc1. The number of ether oxygens (including phenoxy) is 1. The average molecular weight is 298 g/mol. The molecule has 2 aromatic carbocycles. The fourth-order valence-electron chi connectivity index (χ4n) is 2.36. The van der Waals surface area contributed by atoms with Gasteiger partial charge in [-0.15, -0.1) is 0 Å². The number of para-hydroxylation sites is 2. The molecule has 3 nitrogen and oxygen atoms in total. The van der Waals surface area contributed by atoms with Crippen LogP contribution in [-0.2, 0) is 6.61 Å². The molecule has 0 aliphatic rings. The maximum atomic E-state index is 5.96. The van der Waals surface area contributed by atoms with Gasteiger partial charge in [-0.25, -0.2) is 0 Å². The summed E-state index contributed by atoms with van der Waals surface area (Å²) >= 11 is 0. The minimum absolute atomic E-state index is 0.593. The number of nitrogens with zero attached hydrogens (tertiary/aromatic N) is 1. The Morgan fingerprint density at radius 1 is 0.909 bits per heavy atom. The van der Waals surface area contributed by atoms with E-state index in [1.54, 1.807) is 0 Å². The summed E-state index contributed by atoms with van der Waals surface area (Å²) in [7, 11) is 0. The van der Waals surface area contributed by atoms with Gasteiger partial charge in [-0.1, -0.05) is 56.3 Å². The Hall–Kier alpha value is -2.00. The van der Waals surface area contributed by atoms with E-state index in [4.69, 9.17) is 4.74 Å². The van der Waals surface area contributed by atoms with E-state index in [2.05, 4.69) is 42.3 Å². The van der Waals surface area contributed by atoms with Gasteiger partial charge in [-0.3, -0.25) is 0 Å². The average Bonchev–Trinajstić information content (AvgIpc) is 2.59. The van der Waals surface area contributed by atoms with Gasteiger partial charge in [0, 0.05) is 13.1 Å². The lowest BCUT2D eigenvalue weighted by molar-refractivity contribution is 0.305. The fraction of sp³-hybridized carbons (Fsp3) is 0.368. The van der Waals surface area contributed by atoms with Crippen LogP contribution in [0.2, 0.25) is 0 Å². The molecular weight excluding hydrogens is 272 g/mol. The Labute approximate surface area is 133 Å². The van der Waals surface area contributed by atoms with Crippen LogP contribution in [0.5, 0.6) is 5.75 Å². The highest BCUT2D eigenvalue weighted by molar-refractivity contribution is 5.56. The van der Waals surface area contributed by atoms with Crippen molar-refractivity contribution in [3.8, 4) is 5.75 Å². The molecule has 0 radical (unpaired) electrons. The van der Waals surface area contributed by atoms with Gasteiger partial charge in [0.15, 0.2) is 0 Å². The summed E-state index contributed by atoms with van der Waals surface area (Å²) < 4.78 is 5.96. The molecule has 0 aromatic heterocycles. The van der Waals surface area contributed by atoms with Crippen molar-refractivity contribution in [1.82, 2.24) is 4.90 Å². The molecule has 0 atom stereocenters. The third-order valence-electron chi connectivity index (χ3n) is 3.76. The molecule has 2 rings (SSSR count). The van der Waals surface area contributed by atoms with Gasteiger partial charge < -0.3 is 15.0 Å². The maximum absolute atomic E-state index is 5.96. The zero-order valence-corrected chi connectivity index (χ0v) is 13.6. The highest BCUT2D eigenvalue weighted by atomic mass is 16.5. The lowest BCUT2D eigenvalue weighted by Gasteiger charge is -2.19. The molecule has 1 N–H and O–H groups in total. The summed E-state index contributed by atoms with van der Waals surface area (Å²) in [5, 5.41) is 3.48. The van der Waals surface area contributed by atoms with Gasteiger partial charge in [0.05, 0.1) is 5.69 Å². The number of nitrogens with one attached hydrogen (secondary N) is 1. The minimum atomic E-state index is 0.593. The van der Waals surface area contributed by atoms with Gasteiger partial charge in [0.2, 0.25) is 0 Å². The van der Waals surface area contributed by atoms with E-state index in [9.17, 15) is 0 Å². The topological polar surface area (TPSA) is 24.5 Å². The molecule has 0 unspecified atom stereocenters. The molecule has 0 fully saturated rings. The Balaban J connectivity index is 1.89. The van der Waals surface area contributed by atoms with Crippen LogP contribution in [0, 0.1) is 0 Å². The lowest BCUT2D eigenvalue weighted by atomic mass is 10.2. The molecule has 3 heteroatoms. The van der Waals surface area contributed by atoms with Crippen molar-refractivity contribution in [3.05, 3.63) is 60.2 Å². The largest absolute Gasteiger partial charge is 0.487 e. The predicted octanol–water partition coefficient (Wildman–Crippen LogP) is 4.02. The zero-order chi connectivity index (χ0) is 15.6. The van der Waals surface area contributed by atoms with Crippen LogP contribution in [-0.4, -0.2) is 31.1 Å². The van der Waals surface area contributed by atoms with E-state index in [1.165, 1.54) is 5.56 Å². The van der Waals surface area contributed by atoms with E-state index in [1.807, 2.05) is 36.4 Å². The second-order valence-electron chi connectivity index (χ2n) is 5.22. The number of benzene rings is 2. The monoisotopic (exact) mass is 298 g/mol. The predicted molar refractivity (Wildman–Crippen MR) is 93.5 cm³/mol. The lowest BCUT2D eigenvalue weighted by Crippen LogP contribution is -2.28. The molecule has 0 saturated carbocycles. The zero-order valence-electron chi connectivity index (χ0n) is 13.6. The first-order valence-corrected chi connectivity index (χ1v) is 8.05. The number of anilines is 1. The van der Waals surface area contributed by atoms with Crippen LogP contribution in [0.4, 0.5) is 5.69 Å². The van der Waals surface area contributed by atoms with Crippen LogP contribution in [0.1, 0.15) is 19.4 Å². The van der Waals surface area contributed by atoms with Gasteiger partial charge in [0.1, 0.15) is 12.4 Å². The molecule has 0 saturated heterocycles. The molecular formula is C19H26N2O. The van der Waals surface area contributed by atoms with Crippen LogP contribution >= 0.6 is 0 Å². The molecule has 0 amide bonds. The summed E-state index contributed by atoms with van der Waals surface area (Å²) in [6.45, 7) is 9.12. The Morgan fingerprint density at radius 2 is 1.59 bits per heavy atom. The highest BCUT2D eigenvalue weighted by Crippen LogP contribution is 2.24. The quantitative estimate of drug-likeness (QED) is 0.757. The third kappa shape index (κ3) is 5.08. The van der Waals surface area contributed by atoms with Gasteiger partial charge in [-0.05, 0) is 30.8 Å². The Bertz CT molecular complexity index is 538. The summed E-state index contributed by atoms with van der Waals surface area (Å²) in [4.78, 5) is 2.40. The smallest absolute Gasteiger partial charge is 0.142 e. The molecule has 0 spiro atoms. The molecule has 0 aliphatic heterocycles. The summed E-state index contributed by atoms with van der Waals surface area (Å²) in [5.41, 5.74) is 2.24. The van der Waals surface area contributed by atoms with Crippen molar-refractivity contribution in [3.63, 3.8) is 0 Å². The first kappa shape index (κ1) is 16.4. The van der Waals surface area contributed by atoms with Crippen molar-refractivity contribution in [2.75, 3.05) is 31.5 Å². The summed E-state index contributed by atoms with van der Waals surface area (Å²) in [5.74, 6) is 0.908. The number of hydrogen-bond acceptors (Lipinski definition) is 3. The molecule has 22 heavy (non-hydrogen) atoms. The van der Waals surface area contributed by atoms with Crippen molar-refractivity contribution in [1.29, 1.82) is 0 Å². The normalized spacial score (nSPS) is 10.7. The van der Waals surface area contributed by atoms with Crippen LogP contribution < -0.4 is 10.1 Å². The van der Waals surface area contributed by atoms with Crippen LogP contribution in [0.25, 0.3) is 0 Å². The second kappa shape index (κ2) is 9.11. The summed E-state index contributed by atoms with van der Waals surface area (Å²) in [6.07, 6.45) is 0. The second-order valence-corrected chi connectivity index (χ2v) is 5.22. The van der Waals surface area contributed by atoms with E-state index in [-0.39, 0.29) is 0 Å². The molecule has 0 bridgehead atoms. The van der Waals surface area contributed by atoms with Gasteiger partial charge in [0.25, 0.3) is 0 Å². The highest BCUT2D eigenvalue weighted by Gasteiger charge is 2.04. The Kier molecular flexibility index (Phi) is 6.78. The van der Waals surface area contributed by atoms with Crippen LogP contribution in [0.15, 0.2) is 54.6 Å². The molecule has 118 valence electrons. The molecule has 2 aromatic rings. The van der Waals surface area contributed by atoms with Crippen molar-refractivity contribution >= 4 is 5.69 Å². The number of likely N-dealkylation sites (N-methyl/N-ethyl adjacent to an activating group) is 1. The van der Waals surface area contributed by atoms with Crippen molar-refractivity contribution < 1.29 is 4.74 Å². The van der Waals surface area contributed by atoms with Gasteiger partial charge >= 0.3 is 0 Å². The maximum Gasteiger partial charge on any atom is 0.142 e. The van der Waals surface area contributed by atoms with E-state index >= 15 is 0 Å². The molecule has 0 heterocycles. The summed E-state index contributed by atoms with van der Waals surface area (Å²) in [6, 6.07) is 18.4. The van der Waals surface area contributed by atoms with Crippen LogP contribution in [0.3, 0.4) is 0 Å². The molecule has 0 aliphatic carbocycles. The fourth-order valence-corrected chi connectivity index (χ4v) is 2.36. The van der Waals surface area contributed by atoms with E-state index < -0.39 is 0 Å². The standard InChI is InChI=1S/C19H26N2O/c1-3-21(4-2)15-14-20-18-12-8-9-13-19(18)22-16-17-10-6-5-7-11-17/h5-13,20H,3-4,14-16H2,1-2H3. The number of rotatable bonds is 9. The first-order valence-electron chi connectivity index (χ1n) is 8.05. The van der Waals surface area contributed by atoms with Crippen molar-refractivity contribution in [2.45, 2.75) is 20.5 Å². The Morgan fingerprint density at radius 3 is 2.32 bits per heavy atom. The third-order valence-corrected chi connectivity index (χ3v) is 3.76. The minimum Gasteiger partial charge on any atom is -0.487 e. The van der Waals surface area contributed by atoms with Gasteiger partial charge in [-0.2, -0.15) is 0 Å². The van der Waals surface area contributed by atoms with E-state index in [0.29, 0.717) is 6.61 Å². The van der Waals surface area contributed by atoms with Crippen molar-refractivity contribution in [2.24, 2.45) is 0 Å². The van der Waals surface area contributed by atoms with E-state index in [0.717, 1.165) is 37.6 Å².